The van der Waals surface area contributed by atoms with E-state index in [1.807, 2.05) is 0 Å². The molecule has 0 atom stereocenters. The first-order valence-corrected chi connectivity index (χ1v) is 5.71. The molecule has 1 rings (SSSR count). The zero-order chi connectivity index (χ0) is 13.7. The zero-order valence-electron chi connectivity index (χ0n) is 9.03. The summed E-state index contributed by atoms with van der Waals surface area (Å²) in [5.41, 5.74) is -0.565. The Labute approximate surface area is 106 Å². The summed E-state index contributed by atoms with van der Waals surface area (Å²) in [6, 6.07) is 3.44. The fraction of sp³-hybridized carbons (Fsp3) is 0.200. The molecule has 0 aliphatic heterocycles. The van der Waals surface area contributed by atoms with Gasteiger partial charge in [-0.2, -0.15) is 0 Å². The van der Waals surface area contributed by atoms with Gasteiger partial charge in [-0.3, -0.25) is 14.9 Å². The number of nitrogens with zero attached hydrogens (tertiary/aromatic N) is 1. The number of hydrogen-bond donors (Lipinski definition) is 2. The topological polar surface area (TPSA) is 118 Å². The third-order valence-corrected chi connectivity index (χ3v) is 3.09. The summed E-state index contributed by atoms with van der Waals surface area (Å²) in [5, 5.41) is 28.0. The average molecular weight is 271 g/mol. The second-order valence-electron chi connectivity index (χ2n) is 3.23. The van der Waals surface area contributed by atoms with Gasteiger partial charge in [0.25, 0.3) is 5.69 Å². The molecule has 8 heteroatoms. The van der Waals surface area contributed by atoms with Crippen molar-refractivity contribution in [2.45, 2.75) is 4.90 Å². The van der Waals surface area contributed by atoms with E-state index in [0.717, 1.165) is 17.8 Å². The van der Waals surface area contributed by atoms with Crippen LogP contribution in [0.2, 0.25) is 0 Å². The molecule has 0 unspecified atom stereocenters. The highest BCUT2D eigenvalue weighted by Crippen LogP contribution is 2.30. The maximum absolute atomic E-state index is 10.9. The van der Waals surface area contributed by atoms with Gasteiger partial charge in [0.15, 0.2) is 5.78 Å². The number of carboxylic acid groups (broad SMARTS) is 1. The predicted octanol–water partition coefficient (Wildman–Crippen LogP) is 0.946. The Bertz CT molecular complexity index is 501. The summed E-state index contributed by atoms with van der Waals surface area (Å²) in [5.74, 6) is -1.83. The number of Topliss-reactive ketones (excluding diaryl/α,β-unsaturated/α-hetero) is 1. The lowest BCUT2D eigenvalue weighted by Gasteiger charge is -2.03. The lowest BCUT2D eigenvalue weighted by molar-refractivity contribution is -0.387. The number of nitro benzene ring substituents is 1. The van der Waals surface area contributed by atoms with Crippen molar-refractivity contribution in [2.75, 3.05) is 12.4 Å². The van der Waals surface area contributed by atoms with Gasteiger partial charge in [-0.25, -0.2) is 4.79 Å². The molecular formula is C10H9NO6S. The normalized spacial score (nSPS) is 10.1. The first-order chi connectivity index (χ1) is 8.45. The number of carbonyl (C=O) groups is 2. The second-order valence-corrected chi connectivity index (χ2v) is 4.25. The summed E-state index contributed by atoms with van der Waals surface area (Å²) < 4.78 is 0. The van der Waals surface area contributed by atoms with Gasteiger partial charge < -0.3 is 10.2 Å². The monoisotopic (exact) mass is 271 g/mol. The van der Waals surface area contributed by atoms with Crippen LogP contribution in [0.1, 0.15) is 10.4 Å². The van der Waals surface area contributed by atoms with Crippen LogP contribution in [-0.2, 0) is 4.79 Å². The van der Waals surface area contributed by atoms with E-state index in [2.05, 4.69) is 0 Å². The van der Waals surface area contributed by atoms with Crippen molar-refractivity contribution < 1.29 is 24.7 Å². The Morgan fingerprint density at radius 2 is 2.06 bits per heavy atom. The van der Waals surface area contributed by atoms with Gasteiger partial charge in [0.05, 0.1) is 21.1 Å². The Hall–Kier alpha value is -1.93. The van der Waals surface area contributed by atoms with E-state index >= 15 is 0 Å². The molecule has 7 nitrogen and oxygen atoms in total. The van der Waals surface area contributed by atoms with E-state index in [-0.39, 0.29) is 21.9 Å². The number of nitro groups is 1. The Morgan fingerprint density at radius 3 is 2.56 bits per heavy atom. The number of carboxylic acids is 1. The summed E-state index contributed by atoms with van der Waals surface area (Å²) >= 11 is 0.884. The minimum Gasteiger partial charge on any atom is -0.478 e. The van der Waals surface area contributed by atoms with Crippen LogP contribution >= 0.6 is 11.8 Å². The van der Waals surface area contributed by atoms with Crippen LogP contribution in [-0.4, -0.2) is 39.2 Å². The van der Waals surface area contributed by atoms with Crippen molar-refractivity contribution in [3.63, 3.8) is 0 Å². The van der Waals surface area contributed by atoms with Gasteiger partial charge in [-0.1, -0.05) is 0 Å². The maximum atomic E-state index is 10.9. The summed E-state index contributed by atoms with van der Waals surface area (Å²) in [6.07, 6.45) is 0. The quantitative estimate of drug-likeness (QED) is 0.449. The van der Waals surface area contributed by atoms with Crippen LogP contribution in [0.25, 0.3) is 0 Å². The van der Waals surface area contributed by atoms with Crippen LogP contribution in [0.4, 0.5) is 5.69 Å². The molecule has 0 saturated carbocycles. The number of aliphatic hydroxyl groups is 1. The van der Waals surface area contributed by atoms with Crippen molar-refractivity contribution in [3.05, 3.63) is 33.9 Å². The minimum absolute atomic E-state index is 0.107. The van der Waals surface area contributed by atoms with E-state index in [1.165, 1.54) is 12.1 Å². The minimum atomic E-state index is -1.26. The van der Waals surface area contributed by atoms with Gasteiger partial charge in [0.1, 0.15) is 6.61 Å². The fourth-order valence-corrected chi connectivity index (χ4v) is 1.97. The lowest BCUT2D eigenvalue weighted by atomic mass is 10.2. The van der Waals surface area contributed by atoms with Crippen molar-refractivity contribution in [1.29, 1.82) is 0 Å². The van der Waals surface area contributed by atoms with Gasteiger partial charge in [-0.15, -0.1) is 11.8 Å². The van der Waals surface area contributed by atoms with Crippen LogP contribution in [0.3, 0.4) is 0 Å². The van der Waals surface area contributed by atoms with Crippen LogP contribution in [0, 0.1) is 10.1 Å². The summed E-state index contributed by atoms with van der Waals surface area (Å²) in [6.45, 7) is -0.631. The molecule has 0 aromatic heterocycles. The summed E-state index contributed by atoms with van der Waals surface area (Å²) in [4.78, 5) is 31.8. The van der Waals surface area contributed by atoms with Crippen molar-refractivity contribution >= 4 is 29.2 Å². The summed E-state index contributed by atoms with van der Waals surface area (Å²) in [7, 11) is 0. The number of aliphatic hydroxyl groups excluding tert-OH is 1. The Balaban J connectivity index is 3.00. The highest BCUT2D eigenvalue weighted by molar-refractivity contribution is 8.00. The molecule has 0 fully saturated rings. The number of thioether (sulfide) groups is 1. The molecule has 96 valence electrons. The maximum Gasteiger partial charge on any atom is 0.335 e. The number of hydrogen-bond acceptors (Lipinski definition) is 6. The molecule has 0 spiro atoms. The first kappa shape index (κ1) is 14.1. The van der Waals surface area contributed by atoms with Gasteiger partial charge in [0, 0.05) is 6.07 Å². The van der Waals surface area contributed by atoms with Gasteiger partial charge >= 0.3 is 5.97 Å². The molecule has 0 amide bonds. The van der Waals surface area contributed by atoms with E-state index in [0.29, 0.717) is 0 Å². The van der Waals surface area contributed by atoms with Crippen LogP contribution < -0.4 is 0 Å². The molecule has 0 saturated heterocycles. The molecular weight excluding hydrogens is 262 g/mol. The predicted molar refractivity (Wildman–Crippen MR) is 62.9 cm³/mol. The molecule has 0 bridgehead atoms. The van der Waals surface area contributed by atoms with E-state index in [9.17, 15) is 19.7 Å². The average Bonchev–Trinajstić information content (AvgIpc) is 2.35. The van der Waals surface area contributed by atoms with Crippen molar-refractivity contribution in [1.82, 2.24) is 0 Å². The molecule has 1 aromatic carbocycles. The van der Waals surface area contributed by atoms with Gasteiger partial charge in [0.2, 0.25) is 0 Å². The molecule has 0 aliphatic rings. The van der Waals surface area contributed by atoms with Crippen LogP contribution in [0.5, 0.6) is 0 Å². The molecule has 0 aliphatic carbocycles. The lowest BCUT2D eigenvalue weighted by Crippen LogP contribution is -2.07. The van der Waals surface area contributed by atoms with Crippen molar-refractivity contribution in [3.8, 4) is 0 Å². The highest BCUT2D eigenvalue weighted by atomic mass is 32.2. The zero-order valence-corrected chi connectivity index (χ0v) is 9.85. The molecule has 18 heavy (non-hydrogen) atoms. The number of rotatable bonds is 6. The number of benzene rings is 1. The largest absolute Gasteiger partial charge is 0.478 e. The standard InChI is InChI=1S/C10H9NO6S/c12-4-7(13)5-18-9-2-1-6(10(14)15)3-8(9)11(16)17/h1-3,12H,4-5H2,(H,14,15). The smallest absolute Gasteiger partial charge is 0.335 e. The Morgan fingerprint density at radius 1 is 1.39 bits per heavy atom. The Kier molecular flexibility index (Phi) is 4.81. The fourth-order valence-electron chi connectivity index (χ4n) is 1.12. The third-order valence-electron chi connectivity index (χ3n) is 1.97. The number of carbonyl (C=O) groups excluding carboxylic acids is 1. The number of ketones is 1. The molecule has 2 N–H and O–H groups in total. The van der Waals surface area contributed by atoms with E-state index < -0.39 is 23.3 Å². The number of aromatic carboxylic acids is 1. The van der Waals surface area contributed by atoms with Gasteiger partial charge in [-0.05, 0) is 12.1 Å². The van der Waals surface area contributed by atoms with Crippen molar-refractivity contribution in [2.24, 2.45) is 0 Å². The highest BCUT2D eigenvalue weighted by Gasteiger charge is 2.18. The van der Waals surface area contributed by atoms with Crippen LogP contribution in [0.15, 0.2) is 23.1 Å². The third kappa shape index (κ3) is 3.54. The molecule has 1 aromatic rings. The molecule has 0 radical (unpaired) electrons. The van der Waals surface area contributed by atoms with E-state index in [1.54, 1.807) is 0 Å². The molecule has 0 heterocycles. The first-order valence-electron chi connectivity index (χ1n) is 4.72. The van der Waals surface area contributed by atoms with E-state index in [4.69, 9.17) is 10.2 Å². The SMILES string of the molecule is O=C(CO)CSc1ccc(C(=O)O)cc1[N+](=O)[O-]. The second kappa shape index (κ2) is 6.12.